The minimum absolute atomic E-state index is 0.0495. The lowest BCUT2D eigenvalue weighted by Crippen LogP contribution is -2.38. The lowest BCUT2D eigenvalue weighted by Gasteiger charge is -2.15. The first kappa shape index (κ1) is 15.9. The number of amides is 1. The summed E-state index contributed by atoms with van der Waals surface area (Å²) in [5.74, 6) is 1.86. The smallest absolute Gasteiger partial charge is 0.231 e. The molecule has 7 nitrogen and oxygen atoms in total. The van der Waals surface area contributed by atoms with Crippen LogP contribution >= 0.6 is 0 Å². The predicted octanol–water partition coefficient (Wildman–Crippen LogP) is 0.413. The van der Waals surface area contributed by atoms with Crippen molar-refractivity contribution < 1.29 is 24.1 Å². The van der Waals surface area contributed by atoms with Crippen LogP contribution in [0, 0.1) is 0 Å². The third kappa shape index (κ3) is 4.49. The molecule has 0 radical (unpaired) electrons. The molecule has 0 aromatic heterocycles. The molecular weight excluding hydrogens is 300 g/mol. The first-order valence-corrected chi connectivity index (χ1v) is 7.91. The van der Waals surface area contributed by atoms with Crippen LogP contribution < -0.4 is 24.8 Å². The molecule has 7 heteroatoms. The highest BCUT2D eigenvalue weighted by Crippen LogP contribution is 2.35. The highest BCUT2D eigenvalue weighted by atomic mass is 16.7. The molecule has 0 aliphatic carbocycles. The Bertz CT molecular complexity index is 545. The van der Waals surface area contributed by atoms with Crippen LogP contribution in [0.5, 0.6) is 17.2 Å². The van der Waals surface area contributed by atoms with E-state index in [9.17, 15) is 9.90 Å². The number of hydrogen-bond acceptors (Lipinski definition) is 6. The number of hydrogen-bond donors (Lipinski definition) is 3. The third-order valence-corrected chi connectivity index (χ3v) is 3.92. The lowest BCUT2D eigenvalue weighted by atomic mass is 10.1. The largest absolute Gasteiger partial charge is 0.491 e. The minimum Gasteiger partial charge on any atom is -0.491 e. The third-order valence-electron chi connectivity index (χ3n) is 3.92. The molecule has 23 heavy (non-hydrogen) atoms. The highest BCUT2D eigenvalue weighted by Gasteiger charge is 2.18. The second-order valence-corrected chi connectivity index (χ2v) is 5.78. The van der Waals surface area contributed by atoms with Crippen molar-refractivity contribution >= 4 is 5.91 Å². The first-order chi connectivity index (χ1) is 11.2. The van der Waals surface area contributed by atoms with Crippen molar-refractivity contribution in [2.45, 2.75) is 31.4 Å². The van der Waals surface area contributed by atoms with Crippen molar-refractivity contribution in [3.05, 3.63) is 18.2 Å². The van der Waals surface area contributed by atoms with Crippen LogP contribution in [-0.2, 0) is 4.79 Å². The SMILES string of the molecule is O=C(CC1CCCN1)NCC(O)COc1ccc2c(c1)OCO2. The number of ether oxygens (including phenoxy) is 3. The van der Waals surface area contributed by atoms with E-state index >= 15 is 0 Å². The zero-order valence-corrected chi connectivity index (χ0v) is 12.9. The monoisotopic (exact) mass is 322 g/mol. The van der Waals surface area contributed by atoms with Crippen LogP contribution in [-0.4, -0.2) is 49.6 Å². The summed E-state index contributed by atoms with van der Waals surface area (Å²) in [5.41, 5.74) is 0. The molecule has 2 aliphatic heterocycles. The standard InChI is InChI=1S/C16H22N2O5/c19-12(8-18-16(20)6-11-2-1-5-17-11)9-21-13-3-4-14-15(7-13)23-10-22-14/h3-4,7,11-12,17,19H,1-2,5-6,8-10H2,(H,18,20). The number of rotatable bonds is 7. The van der Waals surface area contributed by atoms with E-state index in [1.165, 1.54) is 0 Å². The number of fused-ring (bicyclic) bond motifs is 1. The highest BCUT2D eigenvalue weighted by molar-refractivity contribution is 5.76. The van der Waals surface area contributed by atoms with Crippen LogP contribution in [0.15, 0.2) is 18.2 Å². The number of aliphatic hydroxyl groups is 1. The molecule has 126 valence electrons. The fourth-order valence-electron chi connectivity index (χ4n) is 2.68. The van der Waals surface area contributed by atoms with Crippen molar-refractivity contribution in [1.82, 2.24) is 10.6 Å². The van der Waals surface area contributed by atoms with Gasteiger partial charge in [0.25, 0.3) is 0 Å². The summed E-state index contributed by atoms with van der Waals surface area (Å²) < 4.78 is 16.0. The van der Waals surface area contributed by atoms with E-state index in [-0.39, 0.29) is 31.9 Å². The van der Waals surface area contributed by atoms with Crippen molar-refractivity contribution in [3.63, 3.8) is 0 Å². The Morgan fingerprint density at radius 2 is 2.30 bits per heavy atom. The Hall–Kier alpha value is -1.99. The van der Waals surface area contributed by atoms with Crippen molar-refractivity contribution in [3.8, 4) is 17.2 Å². The summed E-state index contributed by atoms with van der Waals surface area (Å²) in [6.45, 7) is 1.46. The predicted molar refractivity (Wildman–Crippen MR) is 82.7 cm³/mol. The quantitative estimate of drug-likeness (QED) is 0.674. The van der Waals surface area contributed by atoms with E-state index in [2.05, 4.69) is 10.6 Å². The van der Waals surface area contributed by atoms with E-state index in [1.807, 2.05) is 0 Å². The van der Waals surface area contributed by atoms with Gasteiger partial charge in [-0.25, -0.2) is 0 Å². The van der Waals surface area contributed by atoms with Crippen LogP contribution in [0.4, 0.5) is 0 Å². The van der Waals surface area contributed by atoms with Gasteiger partial charge in [-0.1, -0.05) is 0 Å². The van der Waals surface area contributed by atoms with Gasteiger partial charge < -0.3 is 30.0 Å². The second-order valence-electron chi connectivity index (χ2n) is 5.78. The van der Waals surface area contributed by atoms with Crippen LogP contribution in [0.1, 0.15) is 19.3 Å². The van der Waals surface area contributed by atoms with Gasteiger partial charge in [0.15, 0.2) is 11.5 Å². The van der Waals surface area contributed by atoms with Gasteiger partial charge in [-0.3, -0.25) is 4.79 Å². The number of benzene rings is 1. The van der Waals surface area contributed by atoms with Gasteiger partial charge in [-0.05, 0) is 31.5 Å². The molecule has 1 aromatic rings. The average molecular weight is 322 g/mol. The summed E-state index contributed by atoms with van der Waals surface area (Å²) in [4.78, 5) is 11.8. The molecule has 2 aliphatic rings. The molecule has 0 spiro atoms. The zero-order valence-electron chi connectivity index (χ0n) is 12.9. The Labute approximate surface area is 134 Å². The summed E-state index contributed by atoms with van der Waals surface area (Å²) in [6, 6.07) is 5.50. The Kier molecular flexibility index (Phi) is 5.19. The topological polar surface area (TPSA) is 89.1 Å². The number of carbonyl (C=O) groups excluding carboxylic acids is 1. The normalized spacial score (nSPS) is 20.3. The summed E-state index contributed by atoms with van der Waals surface area (Å²) in [5, 5.41) is 15.9. The van der Waals surface area contributed by atoms with Gasteiger partial charge >= 0.3 is 0 Å². The molecule has 1 saturated heterocycles. The molecule has 2 unspecified atom stereocenters. The van der Waals surface area contributed by atoms with Gasteiger partial charge in [-0.2, -0.15) is 0 Å². The molecule has 3 N–H and O–H groups in total. The van der Waals surface area contributed by atoms with Crippen LogP contribution in [0.25, 0.3) is 0 Å². The Balaban J connectivity index is 1.36. The molecule has 1 fully saturated rings. The molecule has 2 atom stereocenters. The van der Waals surface area contributed by atoms with E-state index in [0.29, 0.717) is 23.7 Å². The Morgan fingerprint density at radius 3 is 3.13 bits per heavy atom. The fourth-order valence-corrected chi connectivity index (χ4v) is 2.68. The first-order valence-electron chi connectivity index (χ1n) is 7.91. The maximum absolute atomic E-state index is 11.8. The summed E-state index contributed by atoms with van der Waals surface area (Å²) in [6.07, 6.45) is 1.84. The second kappa shape index (κ2) is 7.52. The molecule has 1 aromatic carbocycles. The Morgan fingerprint density at radius 1 is 1.43 bits per heavy atom. The lowest BCUT2D eigenvalue weighted by molar-refractivity contribution is -0.122. The molecule has 2 heterocycles. The van der Waals surface area contributed by atoms with E-state index in [1.54, 1.807) is 18.2 Å². The average Bonchev–Trinajstić information content (AvgIpc) is 3.21. The van der Waals surface area contributed by atoms with Crippen molar-refractivity contribution in [2.24, 2.45) is 0 Å². The fraction of sp³-hybridized carbons (Fsp3) is 0.562. The molecule has 3 rings (SSSR count). The van der Waals surface area contributed by atoms with E-state index < -0.39 is 6.10 Å². The number of nitrogens with one attached hydrogen (secondary N) is 2. The molecular formula is C16H22N2O5. The van der Waals surface area contributed by atoms with E-state index in [4.69, 9.17) is 14.2 Å². The van der Waals surface area contributed by atoms with Crippen molar-refractivity contribution in [1.29, 1.82) is 0 Å². The van der Waals surface area contributed by atoms with Gasteiger partial charge in [0.2, 0.25) is 12.7 Å². The number of carbonyl (C=O) groups is 1. The molecule has 0 saturated carbocycles. The van der Waals surface area contributed by atoms with Gasteiger partial charge in [0, 0.05) is 25.1 Å². The van der Waals surface area contributed by atoms with Gasteiger partial charge in [0.05, 0.1) is 0 Å². The minimum atomic E-state index is -0.763. The molecule has 0 bridgehead atoms. The van der Waals surface area contributed by atoms with Crippen molar-refractivity contribution in [2.75, 3.05) is 26.5 Å². The summed E-state index contributed by atoms with van der Waals surface area (Å²) in [7, 11) is 0. The van der Waals surface area contributed by atoms with Gasteiger partial charge in [-0.15, -0.1) is 0 Å². The van der Waals surface area contributed by atoms with Gasteiger partial charge in [0.1, 0.15) is 18.5 Å². The zero-order chi connectivity index (χ0) is 16.1. The molecule has 1 amide bonds. The maximum atomic E-state index is 11.8. The van der Waals surface area contributed by atoms with E-state index in [0.717, 1.165) is 19.4 Å². The number of aliphatic hydroxyl groups excluding tert-OH is 1. The summed E-state index contributed by atoms with van der Waals surface area (Å²) >= 11 is 0. The van der Waals surface area contributed by atoms with Crippen LogP contribution in [0.2, 0.25) is 0 Å². The van der Waals surface area contributed by atoms with Crippen LogP contribution in [0.3, 0.4) is 0 Å². The maximum Gasteiger partial charge on any atom is 0.231 e.